The van der Waals surface area contributed by atoms with Gasteiger partial charge in [-0.05, 0) is 26.0 Å². The van der Waals surface area contributed by atoms with Gasteiger partial charge in [0.2, 0.25) is 11.8 Å². The number of nitrogens with zero attached hydrogens (tertiary/aromatic N) is 5. The molecule has 4 rings (SSSR count). The van der Waals surface area contributed by atoms with Crippen molar-refractivity contribution in [3.8, 4) is 0 Å². The lowest BCUT2D eigenvalue weighted by molar-refractivity contribution is 0.100. The highest BCUT2D eigenvalue weighted by atomic mass is 16.5. The summed E-state index contributed by atoms with van der Waals surface area (Å²) in [6.07, 6.45) is 0. The van der Waals surface area contributed by atoms with Gasteiger partial charge < -0.3 is 20.3 Å². The van der Waals surface area contributed by atoms with E-state index < -0.39 is 11.8 Å². The van der Waals surface area contributed by atoms with E-state index in [0.717, 1.165) is 0 Å². The van der Waals surface area contributed by atoms with Crippen LogP contribution in [0.2, 0.25) is 0 Å². The number of benzene rings is 1. The number of pyridine rings is 1. The van der Waals surface area contributed by atoms with Crippen molar-refractivity contribution in [2.45, 2.75) is 27.0 Å². The first kappa shape index (κ1) is 21.1. The number of aryl methyl sites for hydroxylation is 1. The number of nitrogens with one attached hydrogen (secondary N) is 1. The summed E-state index contributed by atoms with van der Waals surface area (Å²) in [4.78, 5) is 33.5. The zero-order chi connectivity index (χ0) is 22.8. The quantitative estimate of drug-likeness (QED) is 0.447. The zero-order valence-corrected chi connectivity index (χ0v) is 17.7. The largest absolute Gasteiger partial charge is 0.377 e. The first-order chi connectivity index (χ1) is 15.4. The molecule has 0 unspecified atom stereocenters. The van der Waals surface area contributed by atoms with Gasteiger partial charge in [0.15, 0.2) is 5.82 Å². The van der Waals surface area contributed by atoms with Gasteiger partial charge in [0.1, 0.15) is 18.8 Å². The third kappa shape index (κ3) is 4.05. The zero-order valence-electron chi connectivity index (χ0n) is 17.7. The van der Waals surface area contributed by atoms with Crippen LogP contribution in [0, 0.1) is 13.8 Å². The summed E-state index contributed by atoms with van der Waals surface area (Å²) in [5.41, 5.74) is 8.14. The highest BCUT2D eigenvalue weighted by molar-refractivity contribution is 6.10. The molecule has 0 aliphatic heterocycles. The van der Waals surface area contributed by atoms with E-state index in [-0.39, 0.29) is 24.4 Å². The van der Waals surface area contributed by atoms with Crippen LogP contribution in [-0.2, 0) is 17.9 Å². The lowest BCUT2D eigenvalue weighted by atomic mass is 10.1. The molecule has 3 heterocycles. The number of amides is 2. The highest BCUT2D eigenvalue weighted by Gasteiger charge is 2.20. The highest BCUT2D eigenvalue weighted by Crippen LogP contribution is 2.23. The minimum atomic E-state index is -0.634. The number of hydrogen-bond donors (Lipinski definition) is 2. The van der Waals surface area contributed by atoms with E-state index in [0.29, 0.717) is 39.7 Å². The molecule has 32 heavy (non-hydrogen) atoms. The number of aromatic nitrogens is 5. The molecule has 0 radical (unpaired) electrons. The number of methoxy groups -OCH3 is 1. The Hall–Kier alpha value is -4.12. The Kier molecular flexibility index (Phi) is 5.65. The lowest BCUT2D eigenvalue weighted by Crippen LogP contribution is -2.18. The molecule has 0 aliphatic carbocycles. The monoisotopic (exact) mass is 435 g/mol. The molecule has 11 heteroatoms. The van der Waals surface area contributed by atoms with Gasteiger partial charge in [0.25, 0.3) is 5.91 Å². The molecule has 0 spiro atoms. The van der Waals surface area contributed by atoms with Crippen LogP contribution in [-0.4, -0.2) is 43.8 Å². The second-order valence-corrected chi connectivity index (χ2v) is 7.13. The van der Waals surface area contributed by atoms with E-state index >= 15 is 0 Å². The molecule has 2 amide bonds. The van der Waals surface area contributed by atoms with Gasteiger partial charge in [-0.2, -0.15) is 10.1 Å². The molecule has 11 nitrogen and oxygen atoms in total. The summed E-state index contributed by atoms with van der Waals surface area (Å²) < 4.78 is 11.8. The standard InChI is InChI=1S/C21H21N7O4/c1-11-19(12(2)28(26-11)9-18-24-17(10-31-3)27-32-18)25-21(30)16-8-14(20(22)29)13-6-4-5-7-15(13)23-16/h4-8H,9-10H2,1-3H3,(H2,22,29)(H,25,30). The number of ether oxygens (including phenoxy) is 1. The molecule has 0 saturated carbocycles. The Bertz CT molecular complexity index is 1330. The lowest BCUT2D eigenvalue weighted by Gasteiger charge is -2.09. The van der Waals surface area contributed by atoms with Gasteiger partial charge >= 0.3 is 0 Å². The third-order valence-electron chi connectivity index (χ3n) is 4.90. The SMILES string of the molecule is COCc1noc(Cn2nc(C)c(NC(=O)c3cc(C(N)=O)c4ccccc4n3)c2C)n1. The predicted molar refractivity (Wildman–Crippen MR) is 114 cm³/mol. The maximum absolute atomic E-state index is 13.0. The Labute approximate surface area is 182 Å². The normalized spacial score (nSPS) is 11.1. The fourth-order valence-corrected chi connectivity index (χ4v) is 3.38. The average molecular weight is 435 g/mol. The van der Waals surface area contributed by atoms with Gasteiger partial charge in [0, 0.05) is 12.5 Å². The number of hydrogen-bond acceptors (Lipinski definition) is 8. The first-order valence-corrected chi connectivity index (χ1v) is 9.72. The maximum Gasteiger partial charge on any atom is 0.274 e. The van der Waals surface area contributed by atoms with Crippen LogP contribution in [0.1, 0.15) is 43.9 Å². The molecule has 164 valence electrons. The Morgan fingerprint density at radius 2 is 2.00 bits per heavy atom. The number of carbonyl (C=O) groups excluding carboxylic acids is 2. The average Bonchev–Trinajstić information content (AvgIpc) is 3.32. The fourth-order valence-electron chi connectivity index (χ4n) is 3.38. The van der Waals surface area contributed by atoms with Crippen LogP contribution in [0.15, 0.2) is 34.9 Å². The van der Waals surface area contributed by atoms with Crippen molar-refractivity contribution in [3.63, 3.8) is 0 Å². The molecule has 0 atom stereocenters. The van der Waals surface area contributed by atoms with Crippen molar-refractivity contribution in [3.05, 3.63) is 64.7 Å². The topological polar surface area (TPSA) is 151 Å². The number of nitrogens with two attached hydrogens (primary N) is 1. The van der Waals surface area contributed by atoms with E-state index in [2.05, 4.69) is 25.5 Å². The fraction of sp³-hybridized carbons (Fsp3) is 0.238. The first-order valence-electron chi connectivity index (χ1n) is 9.72. The number of carbonyl (C=O) groups is 2. The summed E-state index contributed by atoms with van der Waals surface area (Å²) in [6, 6.07) is 8.40. The van der Waals surface area contributed by atoms with Crippen molar-refractivity contribution in [2.24, 2.45) is 5.73 Å². The maximum atomic E-state index is 13.0. The van der Waals surface area contributed by atoms with Crippen LogP contribution in [0.4, 0.5) is 5.69 Å². The minimum absolute atomic E-state index is 0.0742. The second-order valence-electron chi connectivity index (χ2n) is 7.13. The van der Waals surface area contributed by atoms with Gasteiger partial charge in [-0.1, -0.05) is 23.4 Å². The van der Waals surface area contributed by atoms with Crippen LogP contribution in [0.5, 0.6) is 0 Å². The summed E-state index contributed by atoms with van der Waals surface area (Å²) in [6.45, 7) is 4.06. The molecule has 0 aliphatic rings. The van der Waals surface area contributed by atoms with E-state index in [1.54, 1.807) is 43.0 Å². The summed E-state index contributed by atoms with van der Waals surface area (Å²) >= 11 is 0. The Morgan fingerprint density at radius 1 is 1.22 bits per heavy atom. The van der Waals surface area contributed by atoms with Crippen LogP contribution < -0.4 is 11.1 Å². The summed E-state index contributed by atoms with van der Waals surface area (Å²) in [5, 5.41) is 11.7. The Balaban J connectivity index is 1.60. The molecule has 0 fully saturated rings. The van der Waals surface area contributed by atoms with E-state index in [1.807, 2.05) is 6.92 Å². The molecule has 1 aromatic carbocycles. The molecule has 3 N–H and O–H groups in total. The third-order valence-corrected chi connectivity index (χ3v) is 4.90. The second kappa shape index (κ2) is 8.55. The number of fused-ring (bicyclic) bond motifs is 1. The van der Waals surface area contributed by atoms with Gasteiger partial charge in [0.05, 0.1) is 28.2 Å². The van der Waals surface area contributed by atoms with E-state index in [9.17, 15) is 9.59 Å². The Morgan fingerprint density at radius 3 is 2.75 bits per heavy atom. The smallest absolute Gasteiger partial charge is 0.274 e. The summed E-state index contributed by atoms with van der Waals surface area (Å²) in [7, 11) is 1.54. The van der Waals surface area contributed by atoms with Gasteiger partial charge in [-0.3, -0.25) is 14.3 Å². The van der Waals surface area contributed by atoms with E-state index in [1.165, 1.54) is 6.07 Å². The van der Waals surface area contributed by atoms with E-state index in [4.69, 9.17) is 15.0 Å². The van der Waals surface area contributed by atoms with Crippen molar-refractivity contribution in [1.29, 1.82) is 0 Å². The minimum Gasteiger partial charge on any atom is -0.377 e. The molecular weight excluding hydrogens is 414 g/mol. The molecular formula is C21H21N7O4. The number of anilines is 1. The molecule has 0 bridgehead atoms. The van der Waals surface area contributed by atoms with Crippen LogP contribution in [0.25, 0.3) is 10.9 Å². The van der Waals surface area contributed by atoms with Crippen molar-refractivity contribution in [1.82, 2.24) is 24.9 Å². The van der Waals surface area contributed by atoms with Crippen molar-refractivity contribution >= 4 is 28.4 Å². The van der Waals surface area contributed by atoms with Crippen LogP contribution in [0.3, 0.4) is 0 Å². The molecule has 0 saturated heterocycles. The van der Waals surface area contributed by atoms with Gasteiger partial charge in [-0.15, -0.1) is 0 Å². The summed E-state index contributed by atoms with van der Waals surface area (Å²) in [5.74, 6) is -0.317. The predicted octanol–water partition coefficient (Wildman–Crippen LogP) is 1.98. The number of rotatable bonds is 7. The van der Waals surface area contributed by atoms with Crippen molar-refractivity contribution < 1.29 is 18.8 Å². The van der Waals surface area contributed by atoms with Crippen molar-refractivity contribution in [2.75, 3.05) is 12.4 Å². The number of primary amides is 1. The van der Waals surface area contributed by atoms with Crippen LogP contribution >= 0.6 is 0 Å². The van der Waals surface area contributed by atoms with Gasteiger partial charge in [-0.25, -0.2) is 4.98 Å². The molecule has 3 aromatic heterocycles. The number of para-hydroxylation sites is 1. The molecule has 4 aromatic rings.